The summed E-state index contributed by atoms with van der Waals surface area (Å²) in [5.41, 5.74) is 0. The SMILES string of the molecule is CO[N+](=O)OCCO. The van der Waals surface area contributed by atoms with Crippen molar-refractivity contribution in [3.05, 3.63) is 4.91 Å². The van der Waals surface area contributed by atoms with E-state index < -0.39 is 0 Å². The van der Waals surface area contributed by atoms with Gasteiger partial charge in [-0.1, -0.05) is 0 Å². The van der Waals surface area contributed by atoms with Crippen molar-refractivity contribution < 1.29 is 19.9 Å². The van der Waals surface area contributed by atoms with Crippen LogP contribution in [-0.4, -0.2) is 30.5 Å². The summed E-state index contributed by atoms with van der Waals surface area (Å²) in [4.78, 5) is 18.1. The third-order valence-electron chi connectivity index (χ3n) is 0.437. The molecular formula is C3H8NO4+. The Kier molecular flexibility index (Phi) is 3.87. The standard InChI is InChI=1S/C3H8NO4/c1-7-4(6)8-3-2-5/h5H,2-3H2,1H3/q+1. The van der Waals surface area contributed by atoms with Gasteiger partial charge in [0.25, 0.3) is 0 Å². The number of aliphatic hydroxyl groups is 1. The third-order valence-corrected chi connectivity index (χ3v) is 0.437. The summed E-state index contributed by atoms with van der Waals surface area (Å²) in [6.45, 7) is -0.237. The normalized spacial score (nSPS) is 8.25. The van der Waals surface area contributed by atoms with Crippen LogP contribution in [0.3, 0.4) is 0 Å². The van der Waals surface area contributed by atoms with E-state index in [1.165, 1.54) is 7.11 Å². The molecule has 0 saturated carbocycles. The Bertz CT molecular complexity index is 73.7. The minimum atomic E-state index is -0.192. The van der Waals surface area contributed by atoms with E-state index in [1.807, 2.05) is 0 Å². The Labute approximate surface area is 46.3 Å². The van der Waals surface area contributed by atoms with Crippen LogP contribution in [0, 0.1) is 4.91 Å². The Balaban J connectivity index is 2.99. The molecule has 0 aromatic carbocycles. The van der Waals surface area contributed by atoms with Gasteiger partial charge in [-0.15, -0.1) is 0 Å². The first-order chi connectivity index (χ1) is 3.81. The molecule has 48 valence electrons. The van der Waals surface area contributed by atoms with Crippen molar-refractivity contribution >= 4 is 0 Å². The van der Waals surface area contributed by atoms with Crippen LogP contribution in [0.4, 0.5) is 0 Å². The molecule has 0 aromatic heterocycles. The first-order valence-corrected chi connectivity index (χ1v) is 2.06. The summed E-state index contributed by atoms with van der Waals surface area (Å²) >= 11 is 0. The van der Waals surface area contributed by atoms with Crippen molar-refractivity contribution in [3.63, 3.8) is 0 Å². The highest BCUT2D eigenvalue weighted by atomic mass is 17.0. The molecule has 0 rings (SSSR count). The van der Waals surface area contributed by atoms with Gasteiger partial charge < -0.3 is 5.11 Å². The number of hydrogen-bond donors (Lipinski definition) is 1. The second-order valence-electron chi connectivity index (χ2n) is 0.963. The van der Waals surface area contributed by atoms with Crippen LogP contribution in [0.15, 0.2) is 0 Å². The predicted molar refractivity (Wildman–Crippen MR) is 23.7 cm³/mol. The second-order valence-corrected chi connectivity index (χ2v) is 0.963. The topological polar surface area (TPSA) is 58.8 Å². The zero-order valence-electron chi connectivity index (χ0n) is 4.53. The summed E-state index contributed by atoms with van der Waals surface area (Å²) in [6, 6.07) is 0. The number of nitrogens with zero attached hydrogens (tertiary/aromatic N) is 1. The second kappa shape index (κ2) is 4.32. The molecule has 0 saturated heterocycles. The maximum Gasteiger partial charge on any atom is 0.477 e. The van der Waals surface area contributed by atoms with Crippen molar-refractivity contribution in [2.45, 2.75) is 0 Å². The largest absolute Gasteiger partial charge is 0.477 e. The molecule has 8 heavy (non-hydrogen) atoms. The van der Waals surface area contributed by atoms with Crippen molar-refractivity contribution in [2.24, 2.45) is 0 Å². The zero-order chi connectivity index (χ0) is 6.41. The van der Waals surface area contributed by atoms with Gasteiger partial charge in [-0.2, -0.15) is 9.68 Å². The van der Waals surface area contributed by atoms with Gasteiger partial charge in [-0.25, -0.2) is 0 Å². The summed E-state index contributed by atoms with van der Waals surface area (Å²) in [6.07, 6.45) is 0. The van der Waals surface area contributed by atoms with Gasteiger partial charge in [0.2, 0.25) is 0 Å². The minimum absolute atomic E-state index is 0.0443. The molecule has 5 heteroatoms. The fourth-order valence-electron chi connectivity index (χ4n) is 0.168. The molecule has 0 aliphatic carbocycles. The molecule has 0 radical (unpaired) electrons. The highest BCUT2D eigenvalue weighted by Gasteiger charge is 2.05. The molecule has 0 unspecified atom stereocenters. The highest BCUT2D eigenvalue weighted by molar-refractivity contribution is 4.10. The average molecular weight is 122 g/mol. The lowest BCUT2D eigenvalue weighted by molar-refractivity contribution is -0.977. The Hall–Kier alpha value is -0.840. The molecule has 0 atom stereocenters. The highest BCUT2D eigenvalue weighted by Crippen LogP contribution is 1.74. The van der Waals surface area contributed by atoms with E-state index in [0.29, 0.717) is 0 Å². The summed E-state index contributed by atoms with van der Waals surface area (Å²) < 4.78 is 0. The molecular weight excluding hydrogens is 114 g/mol. The van der Waals surface area contributed by atoms with Crippen LogP contribution in [0.2, 0.25) is 0 Å². The number of rotatable bonds is 4. The first kappa shape index (κ1) is 7.16. The molecule has 0 bridgehead atoms. The van der Waals surface area contributed by atoms with Crippen LogP contribution in [-0.2, 0) is 9.68 Å². The Morgan fingerprint density at radius 2 is 2.38 bits per heavy atom. The van der Waals surface area contributed by atoms with E-state index in [-0.39, 0.29) is 18.3 Å². The van der Waals surface area contributed by atoms with Gasteiger partial charge in [-0.3, -0.25) is 0 Å². The lowest BCUT2D eigenvalue weighted by Crippen LogP contribution is -2.10. The smallest absolute Gasteiger partial charge is 0.393 e. The van der Waals surface area contributed by atoms with E-state index >= 15 is 0 Å². The molecule has 0 amide bonds. The fourth-order valence-corrected chi connectivity index (χ4v) is 0.168. The maximum absolute atomic E-state index is 9.93. The Morgan fingerprint density at radius 3 is 2.75 bits per heavy atom. The van der Waals surface area contributed by atoms with Crippen LogP contribution in [0.5, 0.6) is 0 Å². The molecule has 0 aromatic rings. The van der Waals surface area contributed by atoms with Crippen molar-refractivity contribution in [1.29, 1.82) is 0 Å². The van der Waals surface area contributed by atoms with E-state index in [9.17, 15) is 4.91 Å². The third kappa shape index (κ3) is 3.35. The molecule has 1 N–H and O–H groups in total. The molecule has 0 spiro atoms. The minimum Gasteiger partial charge on any atom is -0.393 e. The molecule has 0 fully saturated rings. The molecule has 0 aliphatic heterocycles. The van der Waals surface area contributed by atoms with Crippen LogP contribution in [0.1, 0.15) is 0 Å². The van der Waals surface area contributed by atoms with Crippen molar-refractivity contribution in [3.8, 4) is 0 Å². The van der Waals surface area contributed by atoms with Crippen LogP contribution >= 0.6 is 0 Å². The van der Waals surface area contributed by atoms with Gasteiger partial charge in [-0.05, 0) is 0 Å². The van der Waals surface area contributed by atoms with Gasteiger partial charge >= 0.3 is 5.09 Å². The summed E-state index contributed by atoms with van der Waals surface area (Å²) in [7, 11) is 1.17. The lowest BCUT2D eigenvalue weighted by atomic mass is 10.8. The Morgan fingerprint density at radius 1 is 1.75 bits per heavy atom. The summed E-state index contributed by atoms with van der Waals surface area (Å²) in [5.74, 6) is 0. The number of aliphatic hydroxyl groups excluding tert-OH is 1. The van der Waals surface area contributed by atoms with E-state index in [1.54, 1.807) is 0 Å². The van der Waals surface area contributed by atoms with Gasteiger partial charge in [0.05, 0.1) is 6.61 Å². The molecule has 0 heterocycles. The van der Waals surface area contributed by atoms with E-state index in [0.717, 1.165) is 0 Å². The zero-order valence-corrected chi connectivity index (χ0v) is 4.53. The maximum atomic E-state index is 9.93. The van der Waals surface area contributed by atoms with Crippen molar-refractivity contribution in [2.75, 3.05) is 20.3 Å². The molecule has 5 nitrogen and oxygen atoms in total. The van der Waals surface area contributed by atoms with Crippen molar-refractivity contribution in [1.82, 2.24) is 0 Å². The van der Waals surface area contributed by atoms with Crippen LogP contribution in [0.25, 0.3) is 0 Å². The predicted octanol–water partition coefficient (Wildman–Crippen LogP) is -0.749. The van der Waals surface area contributed by atoms with Gasteiger partial charge in [0.15, 0.2) is 13.7 Å². The quantitative estimate of drug-likeness (QED) is 0.498. The van der Waals surface area contributed by atoms with Crippen LogP contribution < -0.4 is 0 Å². The summed E-state index contributed by atoms with van der Waals surface area (Å²) in [5, 5.41) is 7.99. The van der Waals surface area contributed by atoms with E-state index in [4.69, 9.17) is 5.11 Å². The molecule has 0 aliphatic rings. The van der Waals surface area contributed by atoms with Gasteiger partial charge in [0, 0.05) is 0 Å². The number of hydrogen-bond acceptors (Lipinski definition) is 4. The van der Waals surface area contributed by atoms with E-state index in [2.05, 4.69) is 9.68 Å². The average Bonchev–Trinajstić information content (AvgIpc) is 1.83. The fraction of sp³-hybridized carbons (Fsp3) is 1.00. The monoisotopic (exact) mass is 122 g/mol. The van der Waals surface area contributed by atoms with Gasteiger partial charge in [0.1, 0.15) is 4.91 Å². The first-order valence-electron chi connectivity index (χ1n) is 2.06. The lowest BCUT2D eigenvalue weighted by Gasteiger charge is -1.84.